The van der Waals surface area contributed by atoms with Gasteiger partial charge in [-0.1, -0.05) is 36.4 Å². The van der Waals surface area contributed by atoms with E-state index in [9.17, 15) is 4.79 Å². The highest BCUT2D eigenvalue weighted by molar-refractivity contribution is 5.92. The number of amides is 1. The molecule has 1 amide bonds. The Kier molecular flexibility index (Phi) is 4.52. The Bertz CT molecular complexity index is 639. The first kappa shape index (κ1) is 13.8. The summed E-state index contributed by atoms with van der Waals surface area (Å²) in [6, 6.07) is 17.3. The van der Waals surface area contributed by atoms with Gasteiger partial charge in [0.15, 0.2) is 0 Å². The molecule has 2 aromatic carbocycles. The van der Waals surface area contributed by atoms with Crippen LogP contribution in [0.5, 0.6) is 0 Å². The van der Waals surface area contributed by atoms with Crippen molar-refractivity contribution in [3.63, 3.8) is 0 Å². The van der Waals surface area contributed by atoms with Crippen LogP contribution in [0.1, 0.15) is 16.7 Å². The van der Waals surface area contributed by atoms with Crippen LogP contribution in [-0.4, -0.2) is 5.91 Å². The fourth-order valence-electron chi connectivity index (χ4n) is 1.98. The number of rotatable bonds is 4. The lowest BCUT2D eigenvalue weighted by molar-refractivity contribution is -0.115. The van der Waals surface area contributed by atoms with Crippen molar-refractivity contribution in [3.8, 4) is 6.07 Å². The molecule has 0 aromatic heterocycles. The van der Waals surface area contributed by atoms with Gasteiger partial charge in [-0.2, -0.15) is 5.26 Å². The first-order valence-corrected chi connectivity index (χ1v) is 6.49. The van der Waals surface area contributed by atoms with Crippen LogP contribution >= 0.6 is 0 Å². The highest BCUT2D eigenvalue weighted by Crippen LogP contribution is 2.12. The zero-order chi connectivity index (χ0) is 14.4. The second-order valence-corrected chi connectivity index (χ2v) is 4.68. The predicted octanol–water partition coefficient (Wildman–Crippen LogP) is 3.24. The molecule has 2 rings (SSSR count). The summed E-state index contributed by atoms with van der Waals surface area (Å²) < 4.78 is 0. The molecule has 0 atom stereocenters. The molecule has 0 aliphatic heterocycles. The van der Waals surface area contributed by atoms with Crippen LogP contribution < -0.4 is 5.32 Å². The number of anilines is 1. The average molecular weight is 264 g/mol. The Morgan fingerprint density at radius 2 is 1.85 bits per heavy atom. The van der Waals surface area contributed by atoms with Crippen LogP contribution in [0.2, 0.25) is 0 Å². The van der Waals surface area contributed by atoms with Gasteiger partial charge in [0.1, 0.15) is 0 Å². The van der Waals surface area contributed by atoms with Crippen molar-refractivity contribution in [1.82, 2.24) is 0 Å². The van der Waals surface area contributed by atoms with Crippen molar-refractivity contribution in [2.75, 3.05) is 5.32 Å². The maximum absolute atomic E-state index is 12.0. The van der Waals surface area contributed by atoms with Crippen molar-refractivity contribution in [1.29, 1.82) is 5.26 Å². The summed E-state index contributed by atoms with van der Waals surface area (Å²) in [6.07, 6.45) is 0.754. The van der Waals surface area contributed by atoms with Crippen molar-refractivity contribution in [2.45, 2.75) is 19.8 Å². The van der Waals surface area contributed by atoms with Crippen LogP contribution in [0.4, 0.5) is 5.69 Å². The molecule has 20 heavy (non-hydrogen) atoms. The van der Waals surface area contributed by atoms with Crippen molar-refractivity contribution in [3.05, 3.63) is 65.2 Å². The molecule has 1 N–H and O–H groups in total. The number of hydrogen-bond donors (Lipinski definition) is 1. The molecule has 0 bridgehead atoms. The van der Waals surface area contributed by atoms with Crippen LogP contribution in [-0.2, 0) is 17.6 Å². The number of carbonyl (C=O) groups is 1. The van der Waals surface area contributed by atoms with E-state index in [1.807, 2.05) is 55.5 Å². The zero-order valence-corrected chi connectivity index (χ0v) is 11.4. The monoisotopic (exact) mass is 264 g/mol. The zero-order valence-electron chi connectivity index (χ0n) is 11.4. The largest absolute Gasteiger partial charge is 0.326 e. The van der Waals surface area contributed by atoms with Gasteiger partial charge in [0, 0.05) is 5.69 Å². The quantitative estimate of drug-likeness (QED) is 0.921. The molecule has 0 fully saturated rings. The van der Waals surface area contributed by atoms with E-state index in [0.29, 0.717) is 12.8 Å². The van der Waals surface area contributed by atoms with Crippen molar-refractivity contribution < 1.29 is 4.79 Å². The predicted molar refractivity (Wildman–Crippen MR) is 79.3 cm³/mol. The SMILES string of the molecule is Cc1ccccc1CC(=O)Nc1ccc(CC#N)cc1. The van der Waals surface area contributed by atoms with Crippen LogP contribution in [0.25, 0.3) is 0 Å². The molecule has 0 aliphatic rings. The molecule has 2 aromatic rings. The van der Waals surface area contributed by atoms with E-state index in [4.69, 9.17) is 5.26 Å². The normalized spacial score (nSPS) is 9.80. The molecule has 0 saturated carbocycles. The van der Waals surface area contributed by atoms with Gasteiger partial charge in [0.05, 0.1) is 18.9 Å². The summed E-state index contributed by atoms with van der Waals surface area (Å²) >= 11 is 0. The van der Waals surface area contributed by atoms with Crippen LogP contribution in [0.3, 0.4) is 0 Å². The highest BCUT2D eigenvalue weighted by atomic mass is 16.1. The number of nitrogens with zero attached hydrogens (tertiary/aromatic N) is 1. The maximum Gasteiger partial charge on any atom is 0.228 e. The minimum atomic E-state index is -0.0349. The molecule has 0 saturated heterocycles. The van der Waals surface area contributed by atoms with E-state index in [0.717, 1.165) is 22.4 Å². The van der Waals surface area contributed by atoms with E-state index in [-0.39, 0.29) is 5.91 Å². The fraction of sp³-hybridized carbons (Fsp3) is 0.176. The third kappa shape index (κ3) is 3.69. The Morgan fingerprint density at radius 1 is 1.15 bits per heavy atom. The molecule has 3 nitrogen and oxygen atoms in total. The minimum Gasteiger partial charge on any atom is -0.326 e. The van der Waals surface area contributed by atoms with Gasteiger partial charge in [0.25, 0.3) is 0 Å². The lowest BCUT2D eigenvalue weighted by atomic mass is 10.1. The van der Waals surface area contributed by atoms with E-state index >= 15 is 0 Å². The maximum atomic E-state index is 12.0. The lowest BCUT2D eigenvalue weighted by Gasteiger charge is -2.07. The highest BCUT2D eigenvalue weighted by Gasteiger charge is 2.06. The molecule has 0 radical (unpaired) electrons. The van der Waals surface area contributed by atoms with Gasteiger partial charge in [-0.15, -0.1) is 0 Å². The average Bonchev–Trinajstić information content (AvgIpc) is 2.44. The van der Waals surface area contributed by atoms with Gasteiger partial charge in [-0.25, -0.2) is 0 Å². The first-order chi connectivity index (χ1) is 9.69. The number of aryl methyl sites for hydroxylation is 1. The number of nitriles is 1. The fourth-order valence-corrected chi connectivity index (χ4v) is 1.98. The molecule has 0 heterocycles. The van der Waals surface area contributed by atoms with E-state index in [1.54, 1.807) is 0 Å². The summed E-state index contributed by atoms with van der Waals surface area (Å²) in [4.78, 5) is 12.0. The number of hydrogen-bond acceptors (Lipinski definition) is 2. The second kappa shape index (κ2) is 6.53. The standard InChI is InChI=1S/C17H16N2O/c1-13-4-2-3-5-15(13)12-17(20)19-16-8-6-14(7-9-16)10-11-18/h2-9H,10,12H2,1H3,(H,19,20). The van der Waals surface area contributed by atoms with E-state index < -0.39 is 0 Å². The topological polar surface area (TPSA) is 52.9 Å². The molecular weight excluding hydrogens is 248 g/mol. The van der Waals surface area contributed by atoms with E-state index in [2.05, 4.69) is 11.4 Å². The summed E-state index contributed by atoms with van der Waals surface area (Å²) in [7, 11) is 0. The molecule has 0 spiro atoms. The Hall–Kier alpha value is -2.60. The number of carbonyl (C=O) groups excluding carboxylic acids is 1. The molecule has 3 heteroatoms. The van der Waals surface area contributed by atoms with E-state index in [1.165, 1.54) is 0 Å². The minimum absolute atomic E-state index is 0.0349. The molecule has 0 unspecified atom stereocenters. The molecular formula is C17H16N2O. The smallest absolute Gasteiger partial charge is 0.228 e. The summed E-state index contributed by atoms with van der Waals surface area (Å²) in [6.45, 7) is 2.00. The first-order valence-electron chi connectivity index (χ1n) is 6.49. The second-order valence-electron chi connectivity index (χ2n) is 4.68. The van der Waals surface area contributed by atoms with Gasteiger partial charge in [-0.3, -0.25) is 4.79 Å². The number of nitrogens with one attached hydrogen (secondary N) is 1. The summed E-state index contributed by atoms with van der Waals surface area (Å²) in [5, 5.41) is 11.5. The Balaban J connectivity index is 1.98. The summed E-state index contributed by atoms with van der Waals surface area (Å²) in [5.74, 6) is -0.0349. The Labute approximate surface area is 118 Å². The van der Waals surface area contributed by atoms with Gasteiger partial charge >= 0.3 is 0 Å². The van der Waals surface area contributed by atoms with Gasteiger partial charge < -0.3 is 5.32 Å². The van der Waals surface area contributed by atoms with Crippen molar-refractivity contribution in [2.24, 2.45) is 0 Å². The van der Waals surface area contributed by atoms with Crippen molar-refractivity contribution >= 4 is 11.6 Å². The molecule has 0 aliphatic carbocycles. The van der Waals surface area contributed by atoms with Crippen LogP contribution in [0.15, 0.2) is 48.5 Å². The number of benzene rings is 2. The molecule has 100 valence electrons. The van der Waals surface area contributed by atoms with Gasteiger partial charge in [-0.05, 0) is 35.7 Å². The summed E-state index contributed by atoms with van der Waals surface area (Å²) in [5.41, 5.74) is 3.85. The third-order valence-electron chi connectivity index (χ3n) is 3.13. The lowest BCUT2D eigenvalue weighted by Crippen LogP contribution is -2.14. The van der Waals surface area contributed by atoms with Crippen LogP contribution in [0, 0.1) is 18.3 Å². The third-order valence-corrected chi connectivity index (χ3v) is 3.13. The Morgan fingerprint density at radius 3 is 2.50 bits per heavy atom. The van der Waals surface area contributed by atoms with Gasteiger partial charge in [0.2, 0.25) is 5.91 Å².